The van der Waals surface area contributed by atoms with Crippen molar-refractivity contribution in [3.05, 3.63) is 53.8 Å². The van der Waals surface area contributed by atoms with Crippen molar-refractivity contribution in [2.75, 3.05) is 0 Å². The molecule has 0 heterocycles. The summed E-state index contributed by atoms with van der Waals surface area (Å²) in [4.78, 5) is 0. The van der Waals surface area contributed by atoms with Crippen LogP contribution in [0.5, 0.6) is 5.75 Å². The number of rotatable bonds is 10. The zero-order valence-corrected chi connectivity index (χ0v) is 21.0. The predicted molar refractivity (Wildman–Crippen MR) is 133 cm³/mol. The first-order chi connectivity index (χ1) is 17.3. The van der Waals surface area contributed by atoms with E-state index in [2.05, 4.69) is 23.8 Å². The van der Waals surface area contributed by atoms with Crippen LogP contribution in [-0.4, -0.2) is 12.5 Å². The fourth-order valence-corrected chi connectivity index (χ4v) is 6.31. The number of halogens is 5. The maximum absolute atomic E-state index is 14.3. The van der Waals surface area contributed by atoms with Crippen LogP contribution in [-0.2, 0) is 0 Å². The lowest BCUT2D eigenvalue weighted by Crippen LogP contribution is -2.33. The molecule has 2 saturated carbocycles. The molecule has 0 aromatic heterocycles. The fraction of sp³-hybridized carbons (Fsp3) is 0.600. The van der Waals surface area contributed by atoms with Crippen molar-refractivity contribution in [1.82, 2.24) is 0 Å². The summed E-state index contributed by atoms with van der Waals surface area (Å²) in [5.41, 5.74) is 2.51. The van der Waals surface area contributed by atoms with E-state index in [0.29, 0.717) is 11.5 Å². The third-order valence-electron chi connectivity index (χ3n) is 8.33. The molecule has 36 heavy (non-hydrogen) atoms. The van der Waals surface area contributed by atoms with Crippen LogP contribution in [0.3, 0.4) is 0 Å². The number of ether oxygens (including phenoxy) is 1. The highest BCUT2D eigenvalue weighted by molar-refractivity contribution is 5.64. The van der Waals surface area contributed by atoms with Crippen molar-refractivity contribution in [2.45, 2.75) is 96.0 Å². The van der Waals surface area contributed by atoms with Gasteiger partial charge in [0.25, 0.3) is 0 Å². The highest BCUT2D eigenvalue weighted by Gasteiger charge is 2.44. The van der Waals surface area contributed by atoms with Crippen LogP contribution in [0.4, 0.5) is 22.0 Å². The van der Waals surface area contributed by atoms with Gasteiger partial charge in [-0.2, -0.15) is 17.6 Å². The van der Waals surface area contributed by atoms with Crippen molar-refractivity contribution in [3.8, 4) is 16.9 Å². The highest BCUT2D eigenvalue weighted by atomic mass is 19.3. The van der Waals surface area contributed by atoms with Gasteiger partial charge in [0.1, 0.15) is 0 Å². The summed E-state index contributed by atoms with van der Waals surface area (Å²) < 4.78 is 69.1. The van der Waals surface area contributed by atoms with E-state index in [9.17, 15) is 22.0 Å². The molecule has 0 spiro atoms. The van der Waals surface area contributed by atoms with Crippen molar-refractivity contribution in [1.29, 1.82) is 0 Å². The van der Waals surface area contributed by atoms with E-state index in [1.165, 1.54) is 82.3 Å². The normalized spacial score (nSPS) is 24.5. The van der Waals surface area contributed by atoms with E-state index in [4.69, 9.17) is 0 Å². The molecular weight excluding hydrogens is 471 g/mol. The van der Waals surface area contributed by atoms with Crippen LogP contribution in [0, 0.1) is 23.6 Å². The van der Waals surface area contributed by atoms with E-state index in [-0.39, 0.29) is 0 Å². The zero-order chi connectivity index (χ0) is 25.7. The number of hydrogen-bond donors (Lipinski definition) is 0. The molecular formula is C30H37F5O. The topological polar surface area (TPSA) is 9.23 Å². The molecule has 0 bridgehead atoms. The fourth-order valence-electron chi connectivity index (χ4n) is 6.31. The summed E-state index contributed by atoms with van der Waals surface area (Å²) in [7, 11) is 0. The first kappa shape index (κ1) is 26.9. The predicted octanol–water partition coefficient (Wildman–Crippen LogP) is 10.00. The number of fused-ring (bicyclic) bond motifs is 1. The molecule has 0 aliphatic heterocycles. The Morgan fingerprint density at radius 1 is 0.861 bits per heavy atom. The van der Waals surface area contributed by atoms with Gasteiger partial charge in [-0.3, -0.25) is 0 Å². The minimum Gasteiger partial charge on any atom is -0.425 e. The van der Waals surface area contributed by atoms with Gasteiger partial charge >= 0.3 is 12.5 Å². The molecule has 1 nitrogen and oxygen atoms in total. The Balaban J connectivity index is 1.33. The second-order valence-electron chi connectivity index (χ2n) is 10.8. The third-order valence-corrected chi connectivity index (χ3v) is 8.33. The number of unbranched alkanes of at least 4 members (excludes halogenated alkanes) is 3. The molecule has 4 atom stereocenters. The van der Waals surface area contributed by atoms with Crippen LogP contribution in [0.15, 0.2) is 42.5 Å². The SMILES string of the molecule is CCCCCCC1CC[C@@H]2C[C@H](c3ccc(-c4ccc(OC(F)(F)C(F)F)c(F)c4)cc3)CC[C@@H]2C1. The monoisotopic (exact) mass is 508 g/mol. The lowest BCUT2D eigenvalue weighted by Gasteiger charge is -2.42. The van der Waals surface area contributed by atoms with E-state index in [0.717, 1.165) is 35.4 Å². The van der Waals surface area contributed by atoms with Crippen LogP contribution < -0.4 is 4.74 Å². The van der Waals surface area contributed by atoms with Gasteiger partial charge in [0.05, 0.1) is 0 Å². The van der Waals surface area contributed by atoms with Crippen molar-refractivity contribution < 1.29 is 26.7 Å². The molecule has 0 radical (unpaired) electrons. The van der Waals surface area contributed by atoms with E-state index in [1.54, 1.807) is 0 Å². The lowest BCUT2D eigenvalue weighted by atomic mass is 9.63. The second kappa shape index (κ2) is 12.0. The van der Waals surface area contributed by atoms with Crippen molar-refractivity contribution >= 4 is 0 Å². The Labute approximate surface area is 211 Å². The summed E-state index contributed by atoms with van der Waals surface area (Å²) in [6, 6.07) is 11.4. The zero-order valence-electron chi connectivity index (χ0n) is 21.0. The molecule has 0 amide bonds. The number of benzene rings is 2. The molecule has 0 saturated heterocycles. The van der Waals surface area contributed by atoms with E-state index < -0.39 is 24.1 Å². The van der Waals surface area contributed by atoms with Crippen LogP contribution in [0.2, 0.25) is 0 Å². The Morgan fingerprint density at radius 2 is 1.56 bits per heavy atom. The Hall–Kier alpha value is -2.11. The molecule has 0 N–H and O–H groups in total. The van der Waals surface area contributed by atoms with Gasteiger partial charge < -0.3 is 4.74 Å². The number of alkyl halides is 4. The van der Waals surface area contributed by atoms with E-state index >= 15 is 0 Å². The molecule has 1 unspecified atom stereocenters. The number of hydrogen-bond acceptors (Lipinski definition) is 1. The molecule has 2 aliphatic carbocycles. The Bertz CT molecular complexity index is 974. The van der Waals surface area contributed by atoms with Crippen molar-refractivity contribution in [3.63, 3.8) is 0 Å². The van der Waals surface area contributed by atoms with E-state index in [1.807, 2.05) is 12.1 Å². The van der Waals surface area contributed by atoms with Gasteiger partial charge in [-0.1, -0.05) is 75.8 Å². The van der Waals surface area contributed by atoms with Crippen LogP contribution in [0.1, 0.15) is 89.0 Å². The first-order valence-corrected chi connectivity index (χ1v) is 13.5. The lowest BCUT2D eigenvalue weighted by molar-refractivity contribution is -0.254. The van der Waals surface area contributed by atoms with Gasteiger partial charge in [0.15, 0.2) is 11.6 Å². The summed E-state index contributed by atoms with van der Waals surface area (Å²) in [6.07, 6.45) is 5.85. The molecule has 2 aromatic rings. The average molecular weight is 509 g/mol. The maximum atomic E-state index is 14.3. The largest absolute Gasteiger partial charge is 0.461 e. The van der Waals surface area contributed by atoms with Gasteiger partial charge in [-0.15, -0.1) is 0 Å². The third kappa shape index (κ3) is 6.60. The van der Waals surface area contributed by atoms with Gasteiger partial charge in [0, 0.05) is 0 Å². The molecule has 4 rings (SSSR count). The first-order valence-electron chi connectivity index (χ1n) is 13.5. The molecule has 6 heteroatoms. The minimum absolute atomic E-state index is 0.479. The smallest absolute Gasteiger partial charge is 0.425 e. The van der Waals surface area contributed by atoms with Gasteiger partial charge in [0.2, 0.25) is 0 Å². The maximum Gasteiger partial charge on any atom is 0.461 e. The summed E-state index contributed by atoms with van der Waals surface area (Å²) >= 11 is 0. The second-order valence-corrected chi connectivity index (χ2v) is 10.8. The molecule has 198 valence electrons. The molecule has 2 aromatic carbocycles. The van der Waals surface area contributed by atoms with Gasteiger partial charge in [-0.05, 0) is 84.6 Å². The summed E-state index contributed by atoms with van der Waals surface area (Å²) in [5.74, 6) is 1.13. The van der Waals surface area contributed by atoms with Gasteiger partial charge in [-0.25, -0.2) is 4.39 Å². The average Bonchev–Trinajstić information content (AvgIpc) is 2.87. The molecule has 2 fully saturated rings. The summed E-state index contributed by atoms with van der Waals surface area (Å²) in [6.45, 7) is 2.26. The van der Waals surface area contributed by atoms with Crippen LogP contribution >= 0.6 is 0 Å². The quantitative estimate of drug-likeness (QED) is 0.229. The Kier molecular flexibility index (Phi) is 8.95. The molecule has 2 aliphatic rings. The van der Waals surface area contributed by atoms with Crippen molar-refractivity contribution in [2.24, 2.45) is 17.8 Å². The Morgan fingerprint density at radius 3 is 2.25 bits per heavy atom. The van der Waals surface area contributed by atoms with Crippen LogP contribution in [0.25, 0.3) is 11.1 Å². The standard InChI is InChI=1S/C30H37F5O/c1-2-3-4-5-6-20-7-8-25-18-24(14-13-23(25)17-20)21-9-11-22(12-10-21)26-15-16-28(27(31)19-26)36-30(34,35)29(32)33/h9-12,15-16,19-20,23-25,29H,2-8,13-14,17-18H2,1H3/t20?,23-,24-,25-/m1/s1. The summed E-state index contributed by atoms with van der Waals surface area (Å²) in [5, 5.41) is 0. The minimum atomic E-state index is -4.74. The highest BCUT2D eigenvalue weighted by Crippen LogP contribution is 2.48.